The van der Waals surface area contributed by atoms with Crippen LogP contribution < -0.4 is 9.47 Å². The highest BCUT2D eigenvalue weighted by atomic mass is 16.5. The zero-order valence-corrected chi connectivity index (χ0v) is 10.9. The fraction of sp³-hybridized carbons (Fsp3) is 0.571. The van der Waals surface area contributed by atoms with Crippen LogP contribution in [0.1, 0.15) is 36.8 Å². The van der Waals surface area contributed by atoms with Gasteiger partial charge in [0.1, 0.15) is 0 Å². The van der Waals surface area contributed by atoms with Crippen molar-refractivity contribution in [2.75, 3.05) is 14.2 Å². The minimum atomic E-state index is -0.836. The molecule has 0 aliphatic heterocycles. The molecule has 0 spiro atoms. The summed E-state index contributed by atoms with van der Waals surface area (Å²) in [7, 11) is 3.13. The fourth-order valence-corrected chi connectivity index (χ4v) is 2.71. The van der Waals surface area contributed by atoms with Gasteiger partial charge in [0, 0.05) is 0 Å². The van der Waals surface area contributed by atoms with E-state index < -0.39 is 5.60 Å². The van der Waals surface area contributed by atoms with Gasteiger partial charge in [-0.1, -0.05) is 12.8 Å². The predicted molar refractivity (Wildman–Crippen MR) is 67.8 cm³/mol. The summed E-state index contributed by atoms with van der Waals surface area (Å²) in [5, 5.41) is 20.1. The molecule has 0 bridgehead atoms. The van der Waals surface area contributed by atoms with E-state index in [2.05, 4.69) is 0 Å². The number of methoxy groups -OCH3 is 2. The van der Waals surface area contributed by atoms with Crippen LogP contribution in [0, 0.1) is 0 Å². The highest BCUT2D eigenvalue weighted by Gasteiger charge is 2.35. The summed E-state index contributed by atoms with van der Waals surface area (Å²) in [5.74, 6) is 1.16. The van der Waals surface area contributed by atoms with Crippen molar-refractivity contribution in [2.24, 2.45) is 0 Å². The molecule has 1 fully saturated rings. The van der Waals surface area contributed by atoms with E-state index in [1.807, 2.05) is 0 Å². The van der Waals surface area contributed by atoms with E-state index in [-0.39, 0.29) is 6.61 Å². The van der Waals surface area contributed by atoms with Gasteiger partial charge in [-0.3, -0.25) is 0 Å². The minimum absolute atomic E-state index is 0.113. The number of benzene rings is 1. The van der Waals surface area contributed by atoms with Crippen molar-refractivity contribution in [1.82, 2.24) is 0 Å². The molecule has 1 aromatic carbocycles. The lowest BCUT2D eigenvalue weighted by molar-refractivity contribution is 0.0419. The Kier molecular flexibility index (Phi) is 3.78. The molecule has 0 saturated heterocycles. The van der Waals surface area contributed by atoms with E-state index >= 15 is 0 Å². The van der Waals surface area contributed by atoms with Gasteiger partial charge in [0.05, 0.1) is 26.4 Å². The first-order chi connectivity index (χ1) is 8.64. The molecule has 1 aliphatic carbocycles. The van der Waals surface area contributed by atoms with E-state index in [4.69, 9.17) is 9.47 Å². The molecule has 4 heteroatoms. The number of rotatable bonds is 4. The summed E-state index contributed by atoms with van der Waals surface area (Å²) >= 11 is 0. The second-order valence-corrected chi connectivity index (χ2v) is 4.76. The van der Waals surface area contributed by atoms with Gasteiger partial charge in [-0.25, -0.2) is 0 Å². The minimum Gasteiger partial charge on any atom is -0.493 e. The number of aliphatic hydroxyl groups excluding tert-OH is 1. The summed E-state index contributed by atoms with van der Waals surface area (Å²) in [6.07, 6.45) is 3.48. The van der Waals surface area contributed by atoms with Crippen molar-refractivity contribution >= 4 is 0 Å². The summed E-state index contributed by atoms with van der Waals surface area (Å²) in [4.78, 5) is 0. The summed E-state index contributed by atoms with van der Waals surface area (Å²) in [6, 6.07) is 3.53. The van der Waals surface area contributed by atoms with Crippen LogP contribution in [0.5, 0.6) is 11.5 Å². The van der Waals surface area contributed by atoms with E-state index in [1.165, 1.54) is 0 Å². The van der Waals surface area contributed by atoms with Crippen molar-refractivity contribution in [3.8, 4) is 11.5 Å². The largest absolute Gasteiger partial charge is 0.493 e. The normalized spacial score (nSPS) is 17.8. The highest BCUT2D eigenvalue weighted by molar-refractivity contribution is 5.49. The first-order valence-corrected chi connectivity index (χ1v) is 6.23. The van der Waals surface area contributed by atoms with Crippen molar-refractivity contribution < 1.29 is 19.7 Å². The van der Waals surface area contributed by atoms with Crippen LogP contribution >= 0.6 is 0 Å². The van der Waals surface area contributed by atoms with Crippen LogP contribution in [-0.2, 0) is 12.2 Å². The maximum atomic E-state index is 10.7. The maximum absolute atomic E-state index is 10.7. The Morgan fingerprint density at radius 2 is 1.67 bits per heavy atom. The van der Waals surface area contributed by atoms with Gasteiger partial charge >= 0.3 is 0 Å². The Labute approximate surface area is 107 Å². The van der Waals surface area contributed by atoms with E-state index in [0.29, 0.717) is 17.1 Å². The molecule has 1 saturated carbocycles. The summed E-state index contributed by atoms with van der Waals surface area (Å²) < 4.78 is 10.5. The van der Waals surface area contributed by atoms with Crippen molar-refractivity contribution in [3.63, 3.8) is 0 Å². The van der Waals surface area contributed by atoms with E-state index in [0.717, 1.165) is 31.2 Å². The van der Waals surface area contributed by atoms with Crippen molar-refractivity contribution in [1.29, 1.82) is 0 Å². The number of aliphatic hydroxyl groups is 2. The zero-order chi connectivity index (χ0) is 13.2. The first kappa shape index (κ1) is 13.2. The third-order valence-electron chi connectivity index (χ3n) is 3.71. The standard InChI is InChI=1S/C14H20O4/c1-17-12-7-10(9-15)11(8-13(12)18-2)14(16)5-3-4-6-14/h7-8,15-16H,3-6,9H2,1-2H3. The van der Waals surface area contributed by atoms with Gasteiger partial charge in [-0.05, 0) is 36.1 Å². The molecule has 2 N–H and O–H groups in total. The van der Waals surface area contributed by atoms with Gasteiger partial charge in [0.2, 0.25) is 0 Å². The van der Waals surface area contributed by atoms with Crippen molar-refractivity contribution in [2.45, 2.75) is 37.9 Å². The molecule has 0 aromatic heterocycles. The predicted octanol–water partition coefficient (Wildman–Crippen LogP) is 1.96. The summed E-state index contributed by atoms with van der Waals surface area (Å²) in [6.45, 7) is -0.113. The Bertz CT molecular complexity index is 422. The second kappa shape index (κ2) is 5.16. The molecular weight excluding hydrogens is 232 g/mol. The molecule has 0 atom stereocenters. The smallest absolute Gasteiger partial charge is 0.161 e. The number of ether oxygens (including phenoxy) is 2. The van der Waals surface area contributed by atoms with Gasteiger partial charge < -0.3 is 19.7 Å². The molecule has 1 aromatic rings. The van der Waals surface area contributed by atoms with E-state index in [1.54, 1.807) is 26.4 Å². The Morgan fingerprint density at radius 3 is 2.17 bits per heavy atom. The molecule has 1 aliphatic rings. The molecule has 0 heterocycles. The molecular formula is C14H20O4. The Hall–Kier alpha value is -1.26. The molecule has 100 valence electrons. The molecule has 4 nitrogen and oxygen atoms in total. The molecule has 0 radical (unpaired) electrons. The maximum Gasteiger partial charge on any atom is 0.161 e. The van der Waals surface area contributed by atoms with Gasteiger partial charge in [0.15, 0.2) is 11.5 Å². The highest BCUT2D eigenvalue weighted by Crippen LogP contribution is 2.43. The Balaban J connectivity index is 2.51. The fourth-order valence-electron chi connectivity index (χ4n) is 2.71. The monoisotopic (exact) mass is 252 g/mol. The molecule has 0 amide bonds. The molecule has 0 unspecified atom stereocenters. The van der Waals surface area contributed by atoms with Crippen LogP contribution in [0.25, 0.3) is 0 Å². The van der Waals surface area contributed by atoms with Gasteiger partial charge in [0.25, 0.3) is 0 Å². The third-order valence-corrected chi connectivity index (χ3v) is 3.71. The lowest BCUT2D eigenvalue weighted by Gasteiger charge is -2.26. The van der Waals surface area contributed by atoms with Gasteiger partial charge in [-0.15, -0.1) is 0 Å². The third kappa shape index (κ3) is 2.18. The zero-order valence-electron chi connectivity index (χ0n) is 10.9. The van der Waals surface area contributed by atoms with Crippen LogP contribution in [0.15, 0.2) is 12.1 Å². The lowest BCUT2D eigenvalue weighted by Crippen LogP contribution is -2.23. The average Bonchev–Trinajstić information content (AvgIpc) is 2.85. The first-order valence-electron chi connectivity index (χ1n) is 6.23. The van der Waals surface area contributed by atoms with Crippen LogP contribution in [0.3, 0.4) is 0 Å². The summed E-state index contributed by atoms with van der Waals surface area (Å²) in [5.41, 5.74) is 0.634. The topological polar surface area (TPSA) is 58.9 Å². The van der Waals surface area contributed by atoms with Crippen LogP contribution in [0.4, 0.5) is 0 Å². The van der Waals surface area contributed by atoms with Crippen molar-refractivity contribution in [3.05, 3.63) is 23.3 Å². The molecule has 18 heavy (non-hydrogen) atoms. The number of hydrogen-bond donors (Lipinski definition) is 2. The lowest BCUT2D eigenvalue weighted by atomic mass is 9.88. The SMILES string of the molecule is COc1cc(CO)c(C2(O)CCCC2)cc1OC. The van der Waals surface area contributed by atoms with E-state index in [9.17, 15) is 10.2 Å². The molecule has 2 rings (SSSR count). The quantitative estimate of drug-likeness (QED) is 0.860. The second-order valence-electron chi connectivity index (χ2n) is 4.76. The van der Waals surface area contributed by atoms with Crippen LogP contribution in [-0.4, -0.2) is 24.4 Å². The average molecular weight is 252 g/mol. The Morgan fingerprint density at radius 1 is 1.11 bits per heavy atom. The van der Waals surface area contributed by atoms with Gasteiger partial charge in [-0.2, -0.15) is 0 Å². The number of hydrogen-bond acceptors (Lipinski definition) is 4. The van der Waals surface area contributed by atoms with Crippen LogP contribution in [0.2, 0.25) is 0 Å².